The Bertz CT molecular complexity index is 746. The Morgan fingerprint density at radius 1 is 1.25 bits per heavy atom. The van der Waals surface area contributed by atoms with Crippen LogP contribution in [0.5, 0.6) is 5.75 Å². The van der Waals surface area contributed by atoms with Gasteiger partial charge in [-0.25, -0.2) is 15.8 Å². The Hall–Kier alpha value is -1.45. The molecule has 0 bridgehead atoms. The van der Waals surface area contributed by atoms with Crippen LogP contribution in [-0.4, -0.2) is 9.97 Å². The molecule has 20 heavy (non-hydrogen) atoms. The minimum absolute atomic E-state index is 0.308. The first-order valence-electron chi connectivity index (χ1n) is 5.86. The SMILES string of the molecule is NNc1nc(COc2ccccc2I)nc2sccc12. The molecule has 0 atom stereocenters. The van der Waals surface area contributed by atoms with Gasteiger partial charge in [0.2, 0.25) is 0 Å². The maximum absolute atomic E-state index is 5.75. The lowest BCUT2D eigenvalue weighted by atomic mass is 10.3. The van der Waals surface area contributed by atoms with Gasteiger partial charge in [0.25, 0.3) is 0 Å². The summed E-state index contributed by atoms with van der Waals surface area (Å²) in [6.45, 7) is 0.308. The van der Waals surface area contributed by atoms with Crippen LogP contribution in [0.3, 0.4) is 0 Å². The number of halogens is 1. The van der Waals surface area contributed by atoms with Crippen molar-refractivity contribution in [1.82, 2.24) is 9.97 Å². The predicted octanol–water partition coefficient (Wildman–Crippen LogP) is 3.16. The van der Waals surface area contributed by atoms with Crippen LogP contribution in [0.25, 0.3) is 10.2 Å². The Morgan fingerprint density at radius 3 is 2.90 bits per heavy atom. The molecule has 0 radical (unpaired) electrons. The molecule has 0 saturated carbocycles. The average molecular weight is 398 g/mol. The molecule has 0 spiro atoms. The number of hydrazine groups is 1. The number of para-hydroxylation sites is 1. The number of hydrogen-bond donors (Lipinski definition) is 2. The summed E-state index contributed by atoms with van der Waals surface area (Å²) >= 11 is 3.79. The van der Waals surface area contributed by atoms with Gasteiger partial charge in [0.15, 0.2) is 11.6 Å². The monoisotopic (exact) mass is 398 g/mol. The van der Waals surface area contributed by atoms with E-state index in [1.165, 1.54) is 0 Å². The number of anilines is 1. The summed E-state index contributed by atoms with van der Waals surface area (Å²) < 4.78 is 6.81. The normalized spacial score (nSPS) is 10.7. The number of nitrogen functional groups attached to an aromatic ring is 1. The number of ether oxygens (including phenoxy) is 1. The topological polar surface area (TPSA) is 73.1 Å². The molecule has 0 aliphatic carbocycles. The molecule has 0 amide bonds. The van der Waals surface area contributed by atoms with Crippen molar-refractivity contribution >= 4 is 50.0 Å². The van der Waals surface area contributed by atoms with Crippen molar-refractivity contribution in [3.8, 4) is 5.75 Å². The van der Waals surface area contributed by atoms with Crippen LogP contribution in [0.1, 0.15) is 5.82 Å². The highest BCUT2D eigenvalue weighted by atomic mass is 127. The first kappa shape index (κ1) is 13.5. The van der Waals surface area contributed by atoms with Crippen LogP contribution in [0.15, 0.2) is 35.7 Å². The van der Waals surface area contributed by atoms with Gasteiger partial charge in [-0.2, -0.15) is 0 Å². The van der Waals surface area contributed by atoms with Gasteiger partial charge in [-0.3, -0.25) is 0 Å². The summed E-state index contributed by atoms with van der Waals surface area (Å²) in [6.07, 6.45) is 0. The van der Waals surface area contributed by atoms with E-state index in [-0.39, 0.29) is 0 Å². The molecular formula is C13H11IN4OS. The maximum atomic E-state index is 5.75. The number of aromatic nitrogens is 2. The summed E-state index contributed by atoms with van der Waals surface area (Å²) in [5.41, 5.74) is 2.60. The summed E-state index contributed by atoms with van der Waals surface area (Å²) in [7, 11) is 0. The van der Waals surface area contributed by atoms with Crippen LogP contribution in [0, 0.1) is 3.57 Å². The standard InChI is InChI=1S/C13H11IN4OS/c14-9-3-1-2-4-10(9)19-7-11-16-12(18-15)8-5-6-20-13(8)17-11/h1-6H,7,15H2,(H,16,17,18). The van der Waals surface area contributed by atoms with Gasteiger partial charge < -0.3 is 10.2 Å². The Balaban J connectivity index is 1.86. The van der Waals surface area contributed by atoms with Gasteiger partial charge in [-0.1, -0.05) is 12.1 Å². The van der Waals surface area contributed by atoms with E-state index < -0.39 is 0 Å². The molecule has 3 N–H and O–H groups in total. The first-order valence-corrected chi connectivity index (χ1v) is 7.82. The summed E-state index contributed by atoms with van der Waals surface area (Å²) in [6, 6.07) is 9.77. The number of rotatable bonds is 4. The summed E-state index contributed by atoms with van der Waals surface area (Å²) in [5, 5.41) is 2.89. The van der Waals surface area contributed by atoms with Crippen LogP contribution in [-0.2, 0) is 6.61 Å². The van der Waals surface area contributed by atoms with Gasteiger partial charge in [0.05, 0.1) is 8.96 Å². The Kier molecular flexibility index (Phi) is 3.99. The molecule has 2 heterocycles. The average Bonchev–Trinajstić information content (AvgIpc) is 2.94. The van der Waals surface area contributed by atoms with E-state index >= 15 is 0 Å². The molecular weight excluding hydrogens is 387 g/mol. The fourth-order valence-electron chi connectivity index (χ4n) is 1.78. The molecule has 0 aliphatic heterocycles. The van der Waals surface area contributed by atoms with Gasteiger partial charge in [-0.05, 0) is 46.2 Å². The highest BCUT2D eigenvalue weighted by Crippen LogP contribution is 2.25. The van der Waals surface area contributed by atoms with Gasteiger partial charge in [-0.15, -0.1) is 11.3 Å². The predicted molar refractivity (Wildman–Crippen MR) is 88.7 cm³/mol. The molecule has 5 nitrogen and oxygen atoms in total. The number of hydrogen-bond acceptors (Lipinski definition) is 6. The second-order valence-electron chi connectivity index (χ2n) is 3.99. The van der Waals surface area contributed by atoms with Crippen LogP contribution < -0.4 is 16.0 Å². The number of nitrogens with zero attached hydrogens (tertiary/aromatic N) is 2. The lowest BCUT2D eigenvalue weighted by Gasteiger charge is -2.08. The van der Waals surface area contributed by atoms with E-state index in [1.807, 2.05) is 35.7 Å². The molecule has 2 aromatic heterocycles. The molecule has 0 fully saturated rings. The Labute approximate surface area is 133 Å². The molecule has 102 valence electrons. The van der Waals surface area contributed by atoms with E-state index in [0.29, 0.717) is 18.2 Å². The van der Waals surface area contributed by atoms with Crippen molar-refractivity contribution in [3.05, 3.63) is 45.1 Å². The molecule has 7 heteroatoms. The summed E-state index contributed by atoms with van der Waals surface area (Å²) in [4.78, 5) is 9.74. The van der Waals surface area contributed by atoms with E-state index in [1.54, 1.807) is 11.3 Å². The van der Waals surface area contributed by atoms with Crippen LogP contribution >= 0.6 is 33.9 Å². The van der Waals surface area contributed by atoms with Crippen molar-refractivity contribution in [1.29, 1.82) is 0 Å². The fraction of sp³-hybridized carbons (Fsp3) is 0.0769. The first-order chi connectivity index (χ1) is 9.78. The fourth-order valence-corrected chi connectivity index (χ4v) is 3.10. The number of nitrogens with one attached hydrogen (secondary N) is 1. The Morgan fingerprint density at radius 2 is 2.10 bits per heavy atom. The minimum atomic E-state index is 0.308. The zero-order valence-electron chi connectivity index (χ0n) is 10.3. The smallest absolute Gasteiger partial charge is 0.169 e. The molecule has 0 saturated heterocycles. The van der Waals surface area contributed by atoms with Crippen LogP contribution in [0.2, 0.25) is 0 Å². The van der Waals surface area contributed by atoms with Crippen LogP contribution in [0.4, 0.5) is 5.82 Å². The molecule has 3 aromatic rings. The third-order valence-corrected chi connectivity index (χ3v) is 4.40. The van der Waals surface area contributed by atoms with Crippen molar-refractivity contribution in [3.63, 3.8) is 0 Å². The van der Waals surface area contributed by atoms with Crippen molar-refractivity contribution in [2.45, 2.75) is 6.61 Å². The second kappa shape index (κ2) is 5.90. The number of nitrogens with two attached hydrogens (primary N) is 1. The van der Waals surface area contributed by atoms with Crippen molar-refractivity contribution < 1.29 is 4.74 Å². The quantitative estimate of drug-likeness (QED) is 0.401. The maximum Gasteiger partial charge on any atom is 0.169 e. The zero-order valence-corrected chi connectivity index (χ0v) is 13.3. The van der Waals surface area contributed by atoms with E-state index in [9.17, 15) is 0 Å². The lowest BCUT2D eigenvalue weighted by molar-refractivity contribution is 0.294. The third kappa shape index (κ3) is 2.69. The van der Waals surface area contributed by atoms with Crippen molar-refractivity contribution in [2.24, 2.45) is 5.84 Å². The van der Waals surface area contributed by atoms with Gasteiger partial charge in [0, 0.05) is 0 Å². The summed E-state index contributed by atoms with van der Waals surface area (Å²) in [5.74, 6) is 7.55. The zero-order chi connectivity index (χ0) is 13.9. The van der Waals surface area contributed by atoms with Gasteiger partial charge in [0.1, 0.15) is 17.2 Å². The number of thiophene rings is 1. The van der Waals surface area contributed by atoms with E-state index in [4.69, 9.17) is 10.6 Å². The lowest BCUT2D eigenvalue weighted by Crippen LogP contribution is -2.11. The van der Waals surface area contributed by atoms with Crippen molar-refractivity contribution in [2.75, 3.05) is 5.43 Å². The van der Waals surface area contributed by atoms with Gasteiger partial charge >= 0.3 is 0 Å². The van der Waals surface area contributed by atoms with E-state index in [0.717, 1.165) is 19.5 Å². The highest BCUT2D eigenvalue weighted by Gasteiger charge is 2.09. The second-order valence-corrected chi connectivity index (χ2v) is 6.05. The minimum Gasteiger partial charge on any atom is -0.484 e. The molecule has 3 rings (SSSR count). The number of fused-ring (bicyclic) bond motifs is 1. The molecule has 0 aliphatic rings. The molecule has 1 aromatic carbocycles. The third-order valence-electron chi connectivity index (χ3n) is 2.70. The largest absolute Gasteiger partial charge is 0.484 e. The van der Waals surface area contributed by atoms with E-state index in [2.05, 4.69) is 38.0 Å². The number of benzene rings is 1. The molecule has 0 unspecified atom stereocenters. The highest BCUT2D eigenvalue weighted by molar-refractivity contribution is 14.1.